The Bertz CT molecular complexity index is 868. The zero-order valence-electron chi connectivity index (χ0n) is 13.5. The Hall–Kier alpha value is -2.61. The number of aromatic hydroxyl groups is 1. The van der Waals surface area contributed by atoms with Crippen LogP contribution in [0.15, 0.2) is 47.4 Å². The van der Waals surface area contributed by atoms with E-state index in [1.165, 1.54) is 12.1 Å². The van der Waals surface area contributed by atoms with Crippen LogP contribution in [0.3, 0.4) is 0 Å². The molecule has 128 valence electrons. The minimum atomic E-state index is -3.97. The van der Waals surface area contributed by atoms with Gasteiger partial charge in [0.15, 0.2) is 0 Å². The maximum atomic E-state index is 12.4. The van der Waals surface area contributed by atoms with Crippen LogP contribution >= 0.6 is 0 Å². The largest absolute Gasteiger partial charge is 0.506 e. The van der Waals surface area contributed by atoms with Gasteiger partial charge in [-0.25, -0.2) is 8.42 Å². The number of hydrogen-bond donors (Lipinski definition) is 2. The van der Waals surface area contributed by atoms with E-state index in [1.807, 2.05) is 20.8 Å². The van der Waals surface area contributed by atoms with Crippen molar-refractivity contribution >= 4 is 21.4 Å². The van der Waals surface area contributed by atoms with E-state index in [9.17, 15) is 23.6 Å². The van der Waals surface area contributed by atoms with E-state index in [0.717, 1.165) is 23.8 Å². The summed E-state index contributed by atoms with van der Waals surface area (Å²) < 4.78 is 27.0. The molecular weight excluding hydrogens is 332 g/mol. The summed E-state index contributed by atoms with van der Waals surface area (Å²) >= 11 is 0. The summed E-state index contributed by atoms with van der Waals surface area (Å²) in [5.74, 6) is -0.393. The molecule has 0 unspecified atom stereocenters. The number of nitro groups is 1. The molecule has 24 heavy (non-hydrogen) atoms. The fourth-order valence-electron chi connectivity index (χ4n) is 2.06. The summed E-state index contributed by atoms with van der Waals surface area (Å²) in [7, 11) is -3.97. The van der Waals surface area contributed by atoms with Crippen molar-refractivity contribution < 1.29 is 18.4 Å². The lowest BCUT2D eigenvalue weighted by Gasteiger charge is -2.19. The number of sulfonamides is 1. The molecule has 2 rings (SSSR count). The van der Waals surface area contributed by atoms with Gasteiger partial charge >= 0.3 is 0 Å². The molecule has 0 aliphatic heterocycles. The van der Waals surface area contributed by atoms with Crippen molar-refractivity contribution in [1.29, 1.82) is 0 Å². The molecule has 0 fully saturated rings. The van der Waals surface area contributed by atoms with Crippen LogP contribution in [0.1, 0.15) is 26.3 Å². The molecule has 0 aromatic heterocycles. The highest BCUT2D eigenvalue weighted by Crippen LogP contribution is 2.30. The van der Waals surface area contributed by atoms with Gasteiger partial charge in [0.25, 0.3) is 15.7 Å². The van der Waals surface area contributed by atoms with E-state index in [-0.39, 0.29) is 21.7 Å². The van der Waals surface area contributed by atoms with E-state index in [2.05, 4.69) is 4.72 Å². The number of benzene rings is 2. The minimum absolute atomic E-state index is 0.00130. The maximum Gasteiger partial charge on any atom is 0.271 e. The van der Waals surface area contributed by atoms with Crippen LogP contribution in [-0.2, 0) is 15.4 Å². The van der Waals surface area contributed by atoms with Crippen molar-refractivity contribution in [1.82, 2.24) is 0 Å². The summed E-state index contributed by atoms with van der Waals surface area (Å²) in [5.41, 5.74) is 0.283. The number of anilines is 1. The van der Waals surface area contributed by atoms with Gasteiger partial charge < -0.3 is 5.11 Å². The van der Waals surface area contributed by atoms with Gasteiger partial charge in [-0.2, -0.15) is 0 Å². The first kappa shape index (κ1) is 17.7. The van der Waals surface area contributed by atoms with Crippen molar-refractivity contribution in [2.45, 2.75) is 31.1 Å². The van der Waals surface area contributed by atoms with Gasteiger partial charge in [-0.1, -0.05) is 32.9 Å². The maximum absolute atomic E-state index is 12.4. The van der Waals surface area contributed by atoms with E-state index < -0.39 is 20.7 Å². The van der Waals surface area contributed by atoms with Gasteiger partial charge in [0.1, 0.15) is 5.75 Å². The number of hydrogen-bond acceptors (Lipinski definition) is 5. The van der Waals surface area contributed by atoms with Crippen LogP contribution in [0.25, 0.3) is 0 Å². The Morgan fingerprint density at radius 2 is 1.67 bits per heavy atom. The monoisotopic (exact) mass is 350 g/mol. The van der Waals surface area contributed by atoms with Crippen LogP contribution in [0.5, 0.6) is 5.75 Å². The van der Waals surface area contributed by atoms with Crippen LogP contribution in [0.2, 0.25) is 0 Å². The molecule has 7 nitrogen and oxygen atoms in total. The fourth-order valence-corrected chi connectivity index (χ4v) is 3.12. The Balaban J connectivity index is 2.35. The molecule has 2 N–H and O–H groups in total. The van der Waals surface area contributed by atoms with Crippen LogP contribution in [0.4, 0.5) is 11.4 Å². The van der Waals surface area contributed by atoms with Gasteiger partial charge in [-0.3, -0.25) is 14.8 Å². The molecule has 0 saturated heterocycles. The van der Waals surface area contributed by atoms with Crippen LogP contribution in [0, 0.1) is 10.1 Å². The highest BCUT2D eigenvalue weighted by Gasteiger charge is 2.20. The smallest absolute Gasteiger partial charge is 0.271 e. The predicted molar refractivity (Wildman–Crippen MR) is 90.7 cm³/mol. The third-order valence-electron chi connectivity index (χ3n) is 3.47. The van der Waals surface area contributed by atoms with Gasteiger partial charge in [0.2, 0.25) is 0 Å². The molecule has 0 atom stereocenters. The Morgan fingerprint density at radius 1 is 1.08 bits per heavy atom. The average molecular weight is 350 g/mol. The third kappa shape index (κ3) is 3.83. The van der Waals surface area contributed by atoms with Crippen molar-refractivity contribution in [3.05, 3.63) is 58.1 Å². The SMILES string of the molecule is CC(C)(C)c1ccc(S(=O)(=O)Nc2cc([N+](=O)[O-])ccc2O)cc1. The molecule has 0 bridgehead atoms. The van der Waals surface area contributed by atoms with Crippen LogP contribution in [-0.4, -0.2) is 18.4 Å². The number of phenols is 1. The van der Waals surface area contributed by atoms with Gasteiger partial charge in [-0.05, 0) is 29.2 Å². The molecule has 0 saturated carbocycles. The summed E-state index contributed by atoms with van der Waals surface area (Å²) in [6.45, 7) is 6.03. The molecular formula is C16H18N2O5S. The molecule has 0 amide bonds. The second-order valence-electron chi connectivity index (χ2n) is 6.34. The first-order valence-corrected chi connectivity index (χ1v) is 8.60. The molecule has 2 aromatic rings. The molecule has 0 aliphatic rings. The predicted octanol–water partition coefficient (Wildman–Crippen LogP) is 3.40. The number of phenolic OH excluding ortho intramolecular Hbond substituents is 1. The summed E-state index contributed by atoms with van der Waals surface area (Å²) in [4.78, 5) is 10.1. The van der Waals surface area contributed by atoms with Crippen molar-refractivity contribution in [3.63, 3.8) is 0 Å². The molecule has 2 aromatic carbocycles. The van der Waals surface area contributed by atoms with Crippen molar-refractivity contribution in [3.8, 4) is 5.75 Å². The standard InChI is InChI=1S/C16H18N2O5S/c1-16(2,3)11-4-7-13(8-5-11)24(22,23)17-14-10-12(18(20)21)6-9-15(14)19/h4-10,17,19H,1-3H3. The van der Waals surface area contributed by atoms with Crippen molar-refractivity contribution in [2.75, 3.05) is 4.72 Å². The van der Waals surface area contributed by atoms with E-state index in [0.29, 0.717) is 0 Å². The van der Waals surface area contributed by atoms with E-state index >= 15 is 0 Å². The number of nitrogens with zero attached hydrogens (tertiary/aromatic N) is 1. The minimum Gasteiger partial charge on any atom is -0.506 e. The fraction of sp³-hybridized carbons (Fsp3) is 0.250. The van der Waals surface area contributed by atoms with Gasteiger partial charge in [0.05, 0.1) is 15.5 Å². The number of non-ortho nitro benzene ring substituents is 1. The molecule has 8 heteroatoms. The number of nitro benzene ring substituents is 1. The topological polar surface area (TPSA) is 110 Å². The van der Waals surface area contributed by atoms with Crippen LogP contribution < -0.4 is 4.72 Å². The van der Waals surface area contributed by atoms with E-state index in [1.54, 1.807) is 12.1 Å². The summed E-state index contributed by atoms with van der Waals surface area (Å²) in [6, 6.07) is 9.46. The number of rotatable bonds is 4. The Kier molecular flexibility index (Phi) is 4.52. The molecule has 0 aliphatic carbocycles. The second-order valence-corrected chi connectivity index (χ2v) is 8.02. The Morgan fingerprint density at radius 3 is 2.17 bits per heavy atom. The van der Waals surface area contributed by atoms with E-state index in [4.69, 9.17) is 0 Å². The zero-order chi connectivity index (χ0) is 18.1. The first-order valence-electron chi connectivity index (χ1n) is 7.11. The lowest BCUT2D eigenvalue weighted by Crippen LogP contribution is -2.15. The van der Waals surface area contributed by atoms with Gasteiger partial charge in [0, 0.05) is 12.1 Å². The Labute approximate surface area is 140 Å². The third-order valence-corrected chi connectivity index (χ3v) is 4.85. The first-order chi connectivity index (χ1) is 11.0. The summed E-state index contributed by atoms with van der Waals surface area (Å²) in [5, 5.41) is 20.5. The molecule has 0 heterocycles. The second kappa shape index (κ2) is 6.12. The molecule has 0 radical (unpaired) electrons. The van der Waals surface area contributed by atoms with Gasteiger partial charge in [-0.15, -0.1) is 0 Å². The highest BCUT2D eigenvalue weighted by atomic mass is 32.2. The zero-order valence-corrected chi connectivity index (χ0v) is 14.3. The lowest BCUT2D eigenvalue weighted by molar-refractivity contribution is -0.384. The normalized spacial score (nSPS) is 12.0. The van der Waals surface area contributed by atoms with Crippen molar-refractivity contribution in [2.24, 2.45) is 0 Å². The highest BCUT2D eigenvalue weighted by molar-refractivity contribution is 7.92. The molecule has 0 spiro atoms. The lowest BCUT2D eigenvalue weighted by atomic mass is 9.87. The summed E-state index contributed by atoms with van der Waals surface area (Å²) in [6.07, 6.45) is 0. The quantitative estimate of drug-likeness (QED) is 0.499. The number of nitrogens with one attached hydrogen (secondary N) is 1. The average Bonchev–Trinajstić information content (AvgIpc) is 2.48.